The number of carbonyl (C=O) groups excluding carboxylic acids is 1. The molecular formula is C13H17NO4S. The highest BCUT2D eigenvalue weighted by atomic mass is 32.2. The van der Waals surface area contributed by atoms with Gasteiger partial charge in [0.25, 0.3) is 16.0 Å². The Hall–Kier alpha value is -1.40. The summed E-state index contributed by atoms with van der Waals surface area (Å²) in [5.41, 5.74) is 2.97. The summed E-state index contributed by atoms with van der Waals surface area (Å²) in [6.45, 7) is 0.801. The number of aryl methyl sites for hydroxylation is 1. The summed E-state index contributed by atoms with van der Waals surface area (Å²) < 4.78 is 26.3. The zero-order valence-corrected chi connectivity index (χ0v) is 11.6. The average Bonchev–Trinajstić information content (AvgIpc) is 2.70. The number of rotatable bonds is 6. The van der Waals surface area contributed by atoms with Gasteiger partial charge in [-0.3, -0.25) is 8.98 Å². The minimum absolute atomic E-state index is 0.0164. The van der Waals surface area contributed by atoms with Crippen molar-refractivity contribution in [3.8, 4) is 0 Å². The van der Waals surface area contributed by atoms with E-state index in [0.29, 0.717) is 13.0 Å². The number of amides is 1. The highest BCUT2D eigenvalue weighted by Gasteiger charge is 2.20. The summed E-state index contributed by atoms with van der Waals surface area (Å²) in [7, 11) is -3.34. The van der Waals surface area contributed by atoms with Crippen molar-refractivity contribution in [1.29, 1.82) is 0 Å². The van der Waals surface area contributed by atoms with Crippen LogP contribution < -0.4 is 5.32 Å². The SMILES string of the molecule is CS(=O)(=O)OCCCCc1cccc2c1CNC2=O. The fourth-order valence-electron chi connectivity index (χ4n) is 2.18. The molecule has 1 aromatic rings. The topological polar surface area (TPSA) is 72.5 Å². The van der Waals surface area contributed by atoms with E-state index >= 15 is 0 Å². The van der Waals surface area contributed by atoms with E-state index in [4.69, 9.17) is 0 Å². The first-order valence-corrected chi connectivity index (χ1v) is 8.02. The number of fused-ring (bicyclic) bond motifs is 1. The summed E-state index contributed by atoms with van der Waals surface area (Å²) in [6, 6.07) is 5.72. The maximum atomic E-state index is 11.5. The number of nitrogens with one attached hydrogen (secondary N) is 1. The van der Waals surface area contributed by atoms with E-state index in [0.717, 1.165) is 35.8 Å². The molecule has 0 aliphatic carbocycles. The highest BCUT2D eigenvalue weighted by Crippen LogP contribution is 2.21. The zero-order valence-electron chi connectivity index (χ0n) is 10.8. The maximum absolute atomic E-state index is 11.5. The van der Waals surface area contributed by atoms with Crippen molar-refractivity contribution in [3.05, 3.63) is 34.9 Å². The molecule has 6 heteroatoms. The Morgan fingerprint density at radius 3 is 2.84 bits per heavy atom. The minimum atomic E-state index is -3.34. The van der Waals surface area contributed by atoms with E-state index in [-0.39, 0.29) is 12.5 Å². The number of carbonyl (C=O) groups is 1. The van der Waals surface area contributed by atoms with Crippen molar-refractivity contribution < 1.29 is 17.4 Å². The van der Waals surface area contributed by atoms with Crippen LogP contribution in [0.15, 0.2) is 18.2 Å². The van der Waals surface area contributed by atoms with Crippen LogP contribution in [0.25, 0.3) is 0 Å². The smallest absolute Gasteiger partial charge is 0.264 e. The van der Waals surface area contributed by atoms with Gasteiger partial charge in [0.05, 0.1) is 12.9 Å². The largest absolute Gasteiger partial charge is 0.348 e. The Morgan fingerprint density at radius 1 is 1.32 bits per heavy atom. The zero-order chi connectivity index (χ0) is 13.9. The third-order valence-electron chi connectivity index (χ3n) is 3.08. The number of benzene rings is 1. The third kappa shape index (κ3) is 3.78. The van der Waals surface area contributed by atoms with E-state index in [2.05, 4.69) is 9.50 Å². The van der Waals surface area contributed by atoms with Crippen molar-refractivity contribution >= 4 is 16.0 Å². The van der Waals surface area contributed by atoms with Gasteiger partial charge in [0.1, 0.15) is 0 Å². The molecule has 1 N–H and O–H groups in total. The molecule has 0 fully saturated rings. The van der Waals surface area contributed by atoms with Crippen molar-refractivity contribution in [3.63, 3.8) is 0 Å². The van der Waals surface area contributed by atoms with Crippen LogP contribution in [0.5, 0.6) is 0 Å². The van der Waals surface area contributed by atoms with Gasteiger partial charge in [-0.25, -0.2) is 0 Å². The maximum Gasteiger partial charge on any atom is 0.264 e. The molecule has 0 atom stereocenters. The minimum Gasteiger partial charge on any atom is -0.348 e. The van der Waals surface area contributed by atoms with E-state index in [9.17, 15) is 13.2 Å². The predicted molar refractivity (Wildman–Crippen MR) is 71.3 cm³/mol. The van der Waals surface area contributed by atoms with Gasteiger partial charge in [-0.1, -0.05) is 12.1 Å². The first kappa shape index (κ1) is 14.0. The molecule has 0 aromatic heterocycles. The van der Waals surface area contributed by atoms with Crippen LogP contribution >= 0.6 is 0 Å². The molecule has 1 heterocycles. The van der Waals surface area contributed by atoms with Crippen LogP contribution in [-0.2, 0) is 27.3 Å². The second-order valence-corrected chi connectivity index (χ2v) is 6.25. The van der Waals surface area contributed by atoms with Crippen LogP contribution in [0.3, 0.4) is 0 Å². The summed E-state index contributed by atoms with van der Waals surface area (Å²) >= 11 is 0. The van der Waals surface area contributed by atoms with Crippen LogP contribution in [0, 0.1) is 0 Å². The van der Waals surface area contributed by atoms with Crippen molar-refractivity contribution in [2.45, 2.75) is 25.8 Å². The summed E-state index contributed by atoms with van der Waals surface area (Å²) in [5, 5.41) is 2.80. The quantitative estimate of drug-likeness (QED) is 0.629. The molecule has 1 aliphatic rings. The molecule has 104 valence electrons. The molecular weight excluding hydrogens is 266 g/mol. The van der Waals surface area contributed by atoms with Gasteiger partial charge in [-0.15, -0.1) is 0 Å². The highest BCUT2D eigenvalue weighted by molar-refractivity contribution is 7.85. The Morgan fingerprint density at radius 2 is 2.11 bits per heavy atom. The summed E-state index contributed by atoms with van der Waals surface area (Å²) in [4.78, 5) is 11.5. The van der Waals surface area contributed by atoms with Gasteiger partial charge in [0.2, 0.25) is 0 Å². The van der Waals surface area contributed by atoms with E-state index < -0.39 is 10.1 Å². The monoisotopic (exact) mass is 283 g/mol. The first-order valence-electron chi connectivity index (χ1n) is 6.21. The van der Waals surface area contributed by atoms with E-state index in [1.807, 2.05) is 18.2 Å². The van der Waals surface area contributed by atoms with E-state index in [1.54, 1.807) is 0 Å². The summed E-state index contributed by atoms with van der Waals surface area (Å²) in [5.74, 6) is -0.0164. The van der Waals surface area contributed by atoms with Gasteiger partial charge >= 0.3 is 0 Å². The normalized spacial score (nSPS) is 14.3. The van der Waals surface area contributed by atoms with Crippen molar-refractivity contribution in [2.75, 3.05) is 12.9 Å². The van der Waals surface area contributed by atoms with Gasteiger partial charge in [-0.05, 0) is 36.5 Å². The van der Waals surface area contributed by atoms with Crippen LogP contribution in [0.2, 0.25) is 0 Å². The molecule has 0 saturated heterocycles. The van der Waals surface area contributed by atoms with E-state index in [1.165, 1.54) is 0 Å². The molecule has 1 amide bonds. The lowest BCUT2D eigenvalue weighted by molar-refractivity contribution is 0.0965. The molecule has 19 heavy (non-hydrogen) atoms. The summed E-state index contributed by atoms with van der Waals surface area (Å²) in [6.07, 6.45) is 3.39. The molecule has 0 bridgehead atoms. The lowest BCUT2D eigenvalue weighted by Crippen LogP contribution is -2.12. The molecule has 5 nitrogen and oxygen atoms in total. The van der Waals surface area contributed by atoms with Crippen LogP contribution in [0.4, 0.5) is 0 Å². The van der Waals surface area contributed by atoms with Crippen molar-refractivity contribution in [2.24, 2.45) is 0 Å². The fraction of sp³-hybridized carbons (Fsp3) is 0.462. The Bertz CT molecular complexity index is 580. The molecule has 1 aliphatic heterocycles. The predicted octanol–water partition coefficient (Wildman–Crippen LogP) is 1.23. The molecule has 2 rings (SSSR count). The average molecular weight is 283 g/mol. The van der Waals surface area contributed by atoms with Crippen molar-refractivity contribution in [1.82, 2.24) is 5.32 Å². The Balaban J connectivity index is 1.86. The molecule has 0 radical (unpaired) electrons. The first-order chi connectivity index (χ1) is 8.97. The van der Waals surface area contributed by atoms with Crippen LogP contribution in [-0.4, -0.2) is 27.2 Å². The molecule has 0 unspecified atom stereocenters. The number of hydrogen-bond donors (Lipinski definition) is 1. The Labute approximate surface area is 113 Å². The fourth-order valence-corrected chi connectivity index (χ4v) is 2.60. The lowest BCUT2D eigenvalue weighted by Gasteiger charge is -2.06. The van der Waals surface area contributed by atoms with Gasteiger partial charge in [0, 0.05) is 12.1 Å². The third-order valence-corrected chi connectivity index (χ3v) is 3.68. The lowest BCUT2D eigenvalue weighted by atomic mass is 9.99. The second-order valence-electron chi connectivity index (χ2n) is 4.61. The molecule has 0 spiro atoms. The van der Waals surface area contributed by atoms with Gasteiger partial charge in [-0.2, -0.15) is 8.42 Å². The van der Waals surface area contributed by atoms with Gasteiger partial charge < -0.3 is 5.32 Å². The number of hydrogen-bond acceptors (Lipinski definition) is 4. The second kappa shape index (κ2) is 5.71. The number of unbranched alkanes of at least 4 members (excludes halogenated alkanes) is 1. The van der Waals surface area contributed by atoms with Gasteiger partial charge in [0.15, 0.2) is 0 Å². The standard InChI is InChI=1S/C13H17NO4S/c1-19(16,17)18-8-3-2-5-10-6-4-7-11-12(10)9-14-13(11)15/h4,6-7H,2-3,5,8-9H2,1H3,(H,14,15). The Kier molecular flexibility index (Phi) is 4.21. The van der Waals surface area contributed by atoms with Crippen LogP contribution in [0.1, 0.15) is 34.3 Å². The molecule has 0 saturated carbocycles. The molecule has 1 aromatic carbocycles.